The summed E-state index contributed by atoms with van der Waals surface area (Å²) >= 11 is 1.54. The number of sulfonamides is 1. The molecule has 4 aromatic rings. The fourth-order valence-electron chi connectivity index (χ4n) is 4.20. The zero-order valence-electron chi connectivity index (χ0n) is 21.1. The van der Waals surface area contributed by atoms with Crippen LogP contribution in [-0.2, 0) is 32.6 Å². The predicted molar refractivity (Wildman–Crippen MR) is 148 cm³/mol. The summed E-state index contributed by atoms with van der Waals surface area (Å²) in [5.74, 6) is 0.661. The number of nitrogens with zero attached hydrogens (tertiary/aromatic N) is 2. The zero-order valence-corrected chi connectivity index (χ0v) is 22.7. The van der Waals surface area contributed by atoms with Gasteiger partial charge in [-0.05, 0) is 34.9 Å². The SMILES string of the molecule is O=S(=O)(NCc1ccc([C@H]2O[C@@H](CSc3ncccn3)C[C@@H](c3ccc(CO)cc3)O2)cc1)c1ccccc1. The summed E-state index contributed by atoms with van der Waals surface area (Å²) in [4.78, 5) is 8.82. The molecule has 0 spiro atoms. The number of ether oxygens (including phenoxy) is 2. The molecule has 0 aliphatic carbocycles. The topological polar surface area (TPSA) is 111 Å². The number of nitrogens with one attached hydrogen (secondary N) is 1. The molecule has 5 rings (SSSR count). The highest BCUT2D eigenvalue weighted by Crippen LogP contribution is 2.39. The maximum absolute atomic E-state index is 12.6. The van der Waals surface area contributed by atoms with E-state index in [-0.39, 0.29) is 30.3 Å². The van der Waals surface area contributed by atoms with Crippen LogP contribution in [0.4, 0.5) is 0 Å². The highest BCUT2D eigenvalue weighted by molar-refractivity contribution is 7.99. The minimum absolute atomic E-state index is 0.0122. The molecule has 0 amide bonds. The van der Waals surface area contributed by atoms with E-state index >= 15 is 0 Å². The summed E-state index contributed by atoms with van der Waals surface area (Å²) in [5, 5.41) is 10.1. The Morgan fingerprint density at radius 1 is 0.846 bits per heavy atom. The van der Waals surface area contributed by atoms with Crippen LogP contribution in [0.2, 0.25) is 0 Å². The van der Waals surface area contributed by atoms with Crippen LogP contribution >= 0.6 is 11.8 Å². The van der Waals surface area contributed by atoms with Crippen molar-refractivity contribution in [2.45, 2.75) is 48.1 Å². The molecule has 0 radical (unpaired) electrons. The predicted octanol–water partition coefficient (Wildman–Crippen LogP) is 4.79. The quantitative estimate of drug-likeness (QED) is 0.209. The first-order valence-corrected chi connectivity index (χ1v) is 15.0. The molecule has 0 saturated carbocycles. The summed E-state index contributed by atoms with van der Waals surface area (Å²) in [6.07, 6.45) is 3.19. The second-order valence-corrected chi connectivity index (χ2v) is 11.8. The Bertz CT molecular complexity index is 1440. The summed E-state index contributed by atoms with van der Waals surface area (Å²) < 4.78 is 40.5. The first kappa shape index (κ1) is 27.4. The summed E-state index contributed by atoms with van der Waals surface area (Å²) in [5.41, 5.74) is 3.51. The molecule has 1 aliphatic rings. The third-order valence-corrected chi connectivity index (χ3v) is 8.75. The Labute approximate surface area is 232 Å². The molecular formula is C29H29N3O5S2. The largest absolute Gasteiger partial charge is 0.392 e. The van der Waals surface area contributed by atoms with Gasteiger partial charge in [0.15, 0.2) is 11.4 Å². The van der Waals surface area contributed by atoms with E-state index in [4.69, 9.17) is 9.47 Å². The summed E-state index contributed by atoms with van der Waals surface area (Å²) in [6, 6.07) is 25.4. The van der Waals surface area contributed by atoms with E-state index in [1.54, 1.807) is 48.8 Å². The van der Waals surface area contributed by atoms with Gasteiger partial charge in [-0.2, -0.15) is 0 Å². The Kier molecular flexibility index (Phi) is 9.02. The second-order valence-electron chi connectivity index (χ2n) is 9.07. The fourth-order valence-corrected chi connectivity index (χ4v) is 6.06. The maximum Gasteiger partial charge on any atom is 0.240 e. The van der Waals surface area contributed by atoms with Crippen LogP contribution in [-0.4, -0.2) is 35.3 Å². The van der Waals surface area contributed by atoms with Crippen LogP contribution in [0.25, 0.3) is 0 Å². The Morgan fingerprint density at radius 2 is 1.51 bits per heavy atom. The lowest BCUT2D eigenvalue weighted by Gasteiger charge is -2.36. The standard InChI is InChI=1S/C29H29N3O5S2/c33-19-22-9-11-23(12-10-22)27-17-25(20-38-29-30-15-4-16-31-29)36-28(37-27)24-13-7-21(8-14-24)18-32-39(34,35)26-5-2-1-3-6-26/h1-16,25,27-28,32-33H,17-20H2/t25-,27+,28+/m1/s1. The van der Waals surface area contributed by atoms with Gasteiger partial charge in [0.05, 0.1) is 23.7 Å². The molecule has 3 aromatic carbocycles. The van der Waals surface area contributed by atoms with Crippen molar-refractivity contribution in [3.8, 4) is 0 Å². The van der Waals surface area contributed by atoms with Gasteiger partial charge < -0.3 is 14.6 Å². The van der Waals surface area contributed by atoms with Crippen molar-refractivity contribution in [1.82, 2.24) is 14.7 Å². The third kappa shape index (κ3) is 7.30. The van der Waals surface area contributed by atoms with Gasteiger partial charge in [-0.25, -0.2) is 23.1 Å². The van der Waals surface area contributed by atoms with Gasteiger partial charge in [-0.1, -0.05) is 78.5 Å². The molecule has 2 heterocycles. The normalized spacial score (nSPS) is 19.6. The van der Waals surface area contributed by atoms with E-state index in [1.807, 2.05) is 48.5 Å². The lowest BCUT2D eigenvalue weighted by molar-refractivity contribution is -0.245. The number of hydrogen-bond donors (Lipinski definition) is 2. The molecule has 0 bridgehead atoms. The van der Waals surface area contributed by atoms with Crippen LogP contribution in [0.5, 0.6) is 0 Å². The van der Waals surface area contributed by atoms with Crippen molar-refractivity contribution in [2.24, 2.45) is 0 Å². The molecular weight excluding hydrogens is 534 g/mol. The molecule has 10 heteroatoms. The second kappa shape index (κ2) is 12.8. The van der Waals surface area contributed by atoms with Crippen molar-refractivity contribution >= 4 is 21.8 Å². The van der Waals surface area contributed by atoms with Gasteiger partial charge in [0.1, 0.15) is 0 Å². The Morgan fingerprint density at radius 3 is 2.21 bits per heavy atom. The number of rotatable bonds is 10. The number of aliphatic hydroxyl groups is 1. The minimum Gasteiger partial charge on any atom is -0.392 e. The monoisotopic (exact) mass is 563 g/mol. The van der Waals surface area contributed by atoms with Gasteiger partial charge in [0, 0.05) is 36.7 Å². The van der Waals surface area contributed by atoms with Gasteiger partial charge in [0.2, 0.25) is 10.0 Å². The summed E-state index contributed by atoms with van der Waals surface area (Å²) in [6.45, 7) is 0.155. The van der Waals surface area contributed by atoms with E-state index in [9.17, 15) is 13.5 Å². The zero-order chi connectivity index (χ0) is 27.1. The molecule has 1 aromatic heterocycles. The van der Waals surface area contributed by atoms with Crippen molar-refractivity contribution in [1.29, 1.82) is 0 Å². The number of aliphatic hydroxyl groups excluding tert-OH is 1. The van der Waals surface area contributed by atoms with Crippen LogP contribution in [0.1, 0.15) is 41.1 Å². The van der Waals surface area contributed by atoms with Crippen LogP contribution in [0.15, 0.2) is 107 Å². The van der Waals surface area contributed by atoms with E-state index in [2.05, 4.69) is 14.7 Å². The van der Waals surface area contributed by atoms with Crippen molar-refractivity contribution < 1.29 is 23.0 Å². The Hall–Kier alpha value is -3.12. The number of hydrogen-bond acceptors (Lipinski definition) is 8. The molecule has 1 fully saturated rings. The average Bonchev–Trinajstić information content (AvgIpc) is 3.00. The molecule has 1 saturated heterocycles. The molecule has 3 atom stereocenters. The van der Waals surface area contributed by atoms with E-state index in [0.29, 0.717) is 17.3 Å². The van der Waals surface area contributed by atoms with E-state index in [0.717, 1.165) is 22.3 Å². The van der Waals surface area contributed by atoms with Crippen LogP contribution in [0, 0.1) is 0 Å². The number of thioether (sulfide) groups is 1. The fraction of sp³-hybridized carbons (Fsp3) is 0.241. The molecule has 2 N–H and O–H groups in total. The molecule has 0 unspecified atom stereocenters. The minimum atomic E-state index is -3.60. The molecule has 202 valence electrons. The number of benzene rings is 3. The first-order valence-electron chi connectivity index (χ1n) is 12.5. The number of aromatic nitrogens is 2. The lowest BCUT2D eigenvalue weighted by atomic mass is 10.0. The van der Waals surface area contributed by atoms with E-state index < -0.39 is 16.3 Å². The molecule has 8 nitrogen and oxygen atoms in total. The molecule has 39 heavy (non-hydrogen) atoms. The molecule has 1 aliphatic heterocycles. The smallest absolute Gasteiger partial charge is 0.240 e. The van der Waals surface area contributed by atoms with Gasteiger partial charge >= 0.3 is 0 Å². The van der Waals surface area contributed by atoms with Crippen molar-refractivity contribution in [2.75, 3.05) is 5.75 Å². The lowest BCUT2D eigenvalue weighted by Crippen LogP contribution is -2.31. The van der Waals surface area contributed by atoms with Crippen molar-refractivity contribution in [3.63, 3.8) is 0 Å². The van der Waals surface area contributed by atoms with E-state index in [1.165, 1.54) is 11.8 Å². The van der Waals surface area contributed by atoms with Crippen LogP contribution in [0.3, 0.4) is 0 Å². The van der Waals surface area contributed by atoms with Crippen LogP contribution < -0.4 is 4.72 Å². The maximum atomic E-state index is 12.6. The van der Waals surface area contributed by atoms with Gasteiger partial charge in [-0.3, -0.25) is 0 Å². The third-order valence-electron chi connectivity index (χ3n) is 6.33. The van der Waals surface area contributed by atoms with Gasteiger partial charge in [-0.15, -0.1) is 0 Å². The summed E-state index contributed by atoms with van der Waals surface area (Å²) in [7, 11) is -3.60. The van der Waals surface area contributed by atoms with Crippen molar-refractivity contribution in [3.05, 3.63) is 120 Å². The highest BCUT2D eigenvalue weighted by Gasteiger charge is 2.32. The first-order chi connectivity index (χ1) is 19.0. The highest BCUT2D eigenvalue weighted by atomic mass is 32.2. The van der Waals surface area contributed by atoms with Gasteiger partial charge in [0.25, 0.3) is 0 Å². The average molecular weight is 564 g/mol. The Balaban J connectivity index is 1.28.